The second kappa shape index (κ2) is 5.79. The van der Waals surface area contributed by atoms with E-state index < -0.39 is 0 Å². The molecule has 4 nitrogen and oxygen atoms in total. The number of benzene rings is 1. The predicted octanol–water partition coefficient (Wildman–Crippen LogP) is 3.84. The molecule has 1 unspecified atom stereocenters. The number of halogens is 1. The maximum atomic E-state index is 11.3. The third kappa shape index (κ3) is 3.12. The van der Waals surface area contributed by atoms with E-state index in [-0.39, 0.29) is 11.7 Å². The van der Waals surface area contributed by atoms with E-state index in [1.54, 1.807) is 11.3 Å². The van der Waals surface area contributed by atoms with Crippen molar-refractivity contribution in [3.05, 3.63) is 54.5 Å². The van der Waals surface area contributed by atoms with Gasteiger partial charge in [0.25, 0.3) is 0 Å². The van der Waals surface area contributed by atoms with Crippen LogP contribution in [0.15, 0.2) is 33.5 Å². The first-order chi connectivity index (χ1) is 10.0. The van der Waals surface area contributed by atoms with E-state index in [1.807, 2.05) is 18.2 Å². The molecule has 0 aliphatic carbocycles. The summed E-state index contributed by atoms with van der Waals surface area (Å²) in [6.07, 6.45) is 0. The number of H-pyrrole nitrogens is 2. The van der Waals surface area contributed by atoms with Gasteiger partial charge in [0.15, 0.2) is 0 Å². The van der Waals surface area contributed by atoms with Crippen LogP contribution in [0.1, 0.15) is 28.3 Å². The summed E-state index contributed by atoms with van der Waals surface area (Å²) >= 11 is 5.34. The highest BCUT2D eigenvalue weighted by Gasteiger charge is 2.09. The zero-order valence-corrected chi connectivity index (χ0v) is 14.2. The number of fused-ring (bicyclic) bond motifs is 1. The van der Waals surface area contributed by atoms with Gasteiger partial charge in [-0.2, -0.15) is 0 Å². The molecular weight excluding hydrogens is 350 g/mol. The van der Waals surface area contributed by atoms with Gasteiger partial charge in [-0.05, 0) is 53.5 Å². The van der Waals surface area contributed by atoms with Crippen molar-refractivity contribution in [2.45, 2.75) is 26.4 Å². The van der Waals surface area contributed by atoms with Gasteiger partial charge in [-0.15, -0.1) is 11.3 Å². The summed E-state index contributed by atoms with van der Waals surface area (Å²) in [6, 6.07) is 8.37. The first kappa shape index (κ1) is 14.6. The van der Waals surface area contributed by atoms with Crippen molar-refractivity contribution in [2.75, 3.05) is 0 Å². The van der Waals surface area contributed by atoms with Crippen molar-refractivity contribution in [1.29, 1.82) is 0 Å². The summed E-state index contributed by atoms with van der Waals surface area (Å²) in [4.78, 5) is 19.4. The Hall–Kier alpha value is -1.37. The van der Waals surface area contributed by atoms with Crippen LogP contribution in [0.2, 0.25) is 0 Å². The van der Waals surface area contributed by atoms with Crippen LogP contribution in [0.3, 0.4) is 0 Å². The maximum absolute atomic E-state index is 11.3. The van der Waals surface area contributed by atoms with Gasteiger partial charge in [0.05, 0.1) is 11.0 Å². The third-order valence-corrected chi connectivity index (χ3v) is 5.67. The molecule has 6 heteroatoms. The summed E-state index contributed by atoms with van der Waals surface area (Å²) in [5, 5.41) is 3.51. The van der Waals surface area contributed by atoms with Gasteiger partial charge in [-0.25, -0.2) is 4.79 Å². The van der Waals surface area contributed by atoms with E-state index in [0.29, 0.717) is 0 Å². The molecule has 3 aromatic rings. The average molecular weight is 366 g/mol. The molecule has 2 aromatic heterocycles. The van der Waals surface area contributed by atoms with Gasteiger partial charge in [0, 0.05) is 26.8 Å². The van der Waals surface area contributed by atoms with Gasteiger partial charge >= 0.3 is 5.69 Å². The Bertz CT molecular complexity index is 813. The molecule has 110 valence electrons. The molecule has 0 fully saturated rings. The third-order valence-electron chi connectivity index (χ3n) is 3.53. The minimum absolute atomic E-state index is 0.165. The van der Waals surface area contributed by atoms with E-state index in [1.165, 1.54) is 14.2 Å². The molecule has 0 saturated heterocycles. The molecular formula is C15H16BrN3OS. The Balaban J connectivity index is 1.73. The van der Waals surface area contributed by atoms with Crippen LogP contribution in [0.25, 0.3) is 11.0 Å². The Labute approximate surface area is 134 Å². The van der Waals surface area contributed by atoms with E-state index in [2.05, 4.69) is 51.1 Å². The molecule has 3 N–H and O–H groups in total. The Morgan fingerprint density at radius 1 is 1.29 bits per heavy atom. The molecule has 0 aliphatic rings. The molecule has 0 bridgehead atoms. The van der Waals surface area contributed by atoms with Gasteiger partial charge in [0.1, 0.15) is 0 Å². The van der Waals surface area contributed by atoms with Crippen molar-refractivity contribution >= 4 is 38.3 Å². The minimum Gasteiger partial charge on any atom is -0.306 e. The van der Waals surface area contributed by atoms with E-state index >= 15 is 0 Å². The molecule has 3 rings (SSSR count). The van der Waals surface area contributed by atoms with Crippen LogP contribution in [-0.2, 0) is 6.54 Å². The smallest absolute Gasteiger partial charge is 0.306 e. The number of rotatable bonds is 4. The zero-order valence-electron chi connectivity index (χ0n) is 11.8. The number of hydrogen-bond acceptors (Lipinski definition) is 3. The summed E-state index contributed by atoms with van der Waals surface area (Å²) in [6.45, 7) is 5.07. The van der Waals surface area contributed by atoms with Crippen molar-refractivity contribution in [3.63, 3.8) is 0 Å². The van der Waals surface area contributed by atoms with Crippen molar-refractivity contribution in [3.8, 4) is 0 Å². The summed E-state index contributed by atoms with van der Waals surface area (Å²) in [5.74, 6) is 0. The van der Waals surface area contributed by atoms with Crippen LogP contribution in [0, 0.1) is 6.92 Å². The number of hydrogen-bond donors (Lipinski definition) is 3. The second-order valence-corrected chi connectivity index (χ2v) is 7.30. The lowest BCUT2D eigenvalue weighted by Gasteiger charge is -2.13. The number of imidazole rings is 1. The molecule has 2 heterocycles. The first-order valence-corrected chi connectivity index (χ1v) is 8.34. The van der Waals surface area contributed by atoms with Gasteiger partial charge in [-0.3, -0.25) is 0 Å². The SMILES string of the molecule is Cc1sc(CNC(C)c2ccc3[nH]c(=O)[nH]c3c2)cc1Br. The molecule has 21 heavy (non-hydrogen) atoms. The van der Waals surface area contributed by atoms with Crippen LogP contribution < -0.4 is 11.0 Å². The van der Waals surface area contributed by atoms with E-state index in [9.17, 15) is 4.79 Å². The van der Waals surface area contributed by atoms with Crippen molar-refractivity contribution in [2.24, 2.45) is 0 Å². The molecule has 1 aromatic carbocycles. The van der Waals surface area contributed by atoms with Gasteiger partial charge in [0.2, 0.25) is 0 Å². The summed E-state index contributed by atoms with van der Waals surface area (Å²) < 4.78 is 1.17. The van der Waals surface area contributed by atoms with Crippen LogP contribution in [-0.4, -0.2) is 9.97 Å². The number of aromatic nitrogens is 2. The number of aryl methyl sites for hydroxylation is 1. The average Bonchev–Trinajstić information content (AvgIpc) is 2.97. The summed E-state index contributed by atoms with van der Waals surface area (Å²) in [5.41, 5.74) is 2.68. The molecule has 0 amide bonds. The van der Waals surface area contributed by atoms with Gasteiger partial charge in [-0.1, -0.05) is 6.07 Å². The second-order valence-electron chi connectivity index (χ2n) is 5.10. The molecule has 0 spiro atoms. The highest BCUT2D eigenvalue weighted by atomic mass is 79.9. The lowest BCUT2D eigenvalue weighted by Crippen LogP contribution is -2.17. The number of aromatic amines is 2. The minimum atomic E-state index is -0.165. The maximum Gasteiger partial charge on any atom is 0.323 e. The van der Waals surface area contributed by atoms with Crippen LogP contribution in [0.4, 0.5) is 0 Å². The highest BCUT2D eigenvalue weighted by Crippen LogP contribution is 2.27. The van der Waals surface area contributed by atoms with E-state index in [4.69, 9.17) is 0 Å². The number of nitrogens with one attached hydrogen (secondary N) is 3. The fraction of sp³-hybridized carbons (Fsp3) is 0.267. The van der Waals surface area contributed by atoms with Crippen LogP contribution in [0.5, 0.6) is 0 Å². The van der Waals surface area contributed by atoms with E-state index in [0.717, 1.165) is 23.1 Å². The number of thiophene rings is 1. The van der Waals surface area contributed by atoms with Crippen molar-refractivity contribution in [1.82, 2.24) is 15.3 Å². The normalized spacial score (nSPS) is 12.9. The lowest BCUT2D eigenvalue weighted by atomic mass is 10.1. The lowest BCUT2D eigenvalue weighted by molar-refractivity contribution is 0.579. The van der Waals surface area contributed by atoms with Crippen molar-refractivity contribution < 1.29 is 0 Å². The van der Waals surface area contributed by atoms with Gasteiger partial charge < -0.3 is 15.3 Å². The van der Waals surface area contributed by atoms with Crippen LogP contribution >= 0.6 is 27.3 Å². The predicted molar refractivity (Wildman–Crippen MR) is 90.9 cm³/mol. The fourth-order valence-corrected chi connectivity index (χ4v) is 3.85. The topological polar surface area (TPSA) is 60.7 Å². The fourth-order valence-electron chi connectivity index (χ4n) is 2.30. The standard InChI is InChI=1S/C15H16BrN3OS/c1-8(17-7-11-6-12(16)9(2)21-11)10-3-4-13-14(5-10)19-15(20)18-13/h3-6,8,17H,7H2,1-2H3,(H2,18,19,20). The largest absolute Gasteiger partial charge is 0.323 e. The first-order valence-electron chi connectivity index (χ1n) is 6.73. The molecule has 1 atom stereocenters. The molecule has 0 radical (unpaired) electrons. The Kier molecular flexibility index (Phi) is 4.01. The quantitative estimate of drug-likeness (QED) is 0.657. The molecule has 0 aliphatic heterocycles. The Morgan fingerprint density at radius 2 is 2.05 bits per heavy atom. The molecule has 0 saturated carbocycles. The highest BCUT2D eigenvalue weighted by molar-refractivity contribution is 9.10. The zero-order chi connectivity index (χ0) is 15.0. The monoisotopic (exact) mass is 365 g/mol. The summed E-state index contributed by atoms with van der Waals surface area (Å²) in [7, 11) is 0. The Morgan fingerprint density at radius 3 is 2.76 bits per heavy atom.